The first-order chi connectivity index (χ1) is 34.0. The molecule has 410 valence electrons. The van der Waals surface area contributed by atoms with E-state index in [0.29, 0.717) is 25.9 Å². The molecule has 0 aromatic heterocycles. The number of allylic oxidation sites excluding steroid dienone is 2. The molecule has 69 heavy (non-hydrogen) atoms. The van der Waals surface area contributed by atoms with E-state index in [1.54, 1.807) is 0 Å². The Balaban J connectivity index is 3.42. The Bertz CT molecular complexity index is 1030. The molecule has 0 aliphatic rings. The lowest BCUT2D eigenvalue weighted by Crippen LogP contribution is -2.45. The van der Waals surface area contributed by atoms with Crippen molar-refractivity contribution in [3.8, 4) is 0 Å². The predicted molar refractivity (Wildman–Crippen MR) is 301 cm³/mol. The van der Waals surface area contributed by atoms with E-state index in [4.69, 9.17) is 4.74 Å². The molecule has 0 aromatic carbocycles. The minimum absolute atomic E-state index is 0.00774. The first kappa shape index (κ1) is 67.6. The second kappa shape index (κ2) is 59.2. The van der Waals surface area contributed by atoms with Crippen LogP contribution in [0.15, 0.2) is 12.2 Å². The maximum absolute atomic E-state index is 12.5. The van der Waals surface area contributed by atoms with Crippen LogP contribution < -0.4 is 5.32 Å². The minimum atomic E-state index is -0.670. The van der Waals surface area contributed by atoms with Gasteiger partial charge < -0.3 is 20.3 Å². The fraction of sp³-hybridized carbons (Fsp3) is 0.937. The average molecular weight is 975 g/mol. The highest BCUT2D eigenvalue weighted by Gasteiger charge is 2.20. The topological polar surface area (TPSA) is 95.9 Å². The number of rotatable bonds is 59. The van der Waals surface area contributed by atoms with Gasteiger partial charge in [0.1, 0.15) is 0 Å². The number of esters is 1. The fourth-order valence-corrected chi connectivity index (χ4v) is 9.99. The lowest BCUT2D eigenvalue weighted by molar-refractivity contribution is -0.143. The molecule has 0 radical (unpaired) electrons. The van der Waals surface area contributed by atoms with E-state index in [1.807, 2.05) is 0 Å². The lowest BCUT2D eigenvalue weighted by Gasteiger charge is -2.22. The fourth-order valence-electron chi connectivity index (χ4n) is 9.99. The highest BCUT2D eigenvalue weighted by Crippen LogP contribution is 2.18. The predicted octanol–water partition coefficient (Wildman–Crippen LogP) is 19.6. The van der Waals surface area contributed by atoms with Crippen LogP contribution in [0.25, 0.3) is 0 Å². The van der Waals surface area contributed by atoms with Gasteiger partial charge in [-0.2, -0.15) is 0 Å². The zero-order valence-electron chi connectivity index (χ0n) is 46.8. The van der Waals surface area contributed by atoms with Crippen molar-refractivity contribution in [2.75, 3.05) is 13.2 Å². The van der Waals surface area contributed by atoms with Crippen LogP contribution in [-0.2, 0) is 14.3 Å². The molecule has 0 aromatic rings. The molecular formula is C63H123NO5. The molecule has 0 aliphatic heterocycles. The third kappa shape index (κ3) is 55.8. The highest BCUT2D eigenvalue weighted by molar-refractivity contribution is 5.76. The van der Waals surface area contributed by atoms with Crippen molar-refractivity contribution in [2.24, 2.45) is 0 Å². The molecule has 0 fully saturated rings. The van der Waals surface area contributed by atoms with Gasteiger partial charge in [-0.3, -0.25) is 9.59 Å². The molecule has 0 spiro atoms. The van der Waals surface area contributed by atoms with Crippen LogP contribution in [0.3, 0.4) is 0 Å². The van der Waals surface area contributed by atoms with E-state index in [0.717, 1.165) is 38.5 Å². The summed E-state index contributed by atoms with van der Waals surface area (Å²) < 4.78 is 5.48. The maximum Gasteiger partial charge on any atom is 0.305 e. The maximum atomic E-state index is 12.5. The van der Waals surface area contributed by atoms with Gasteiger partial charge in [-0.25, -0.2) is 0 Å². The molecule has 0 rings (SSSR count). The monoisotopic (exact) mass is 974 g/mol. The van der Waals surface area contributed by atoms with E-state index in [9.17, 15) is 19.8 Å². The molecule has 0 saturated heterocycles. The van der Waals surface area contributed by atoms with Crippen molar-refractivity contribution in [3.05, 3.63) is 12.2 Å². The zero-order valence-corrected chi connectivity index (χ0v) is 46.8. The highest BCUT2D eigenvalue weighted by atomic mass is 16.5. The van der Waals surface area contributed by atoms with Gasteiger partial charge in [0.2, 0.25) is 5.91 Å². The first-order valence-electron chi connectivity index (χ1n) is 31.4. The summed E-state index contributed by atoms with van der Waals surface area (Å²) in [5, 5.41) is 23.3. The summed E-state index contributed by atoms with van der Waals surface area (Å²) >= 11 is 0. The lowest BCUT2D eigenvalue weighted by atomic mass is 10.0. The smallest absolute Gasteiger partial charge is 0.305 e. The standard InChI is InChI=1S/C63H123NO5/c1-3-5-7-9-11-13-15-17-19-20-24-28-31-35-39-43-47-51-55-61(66)60(59-65)64-62(67)56-52-48-44-40-36-32-29-25-22-21-23-26-30-34-38-42-46-50-54-58-69-63(68)57-53-49-45-41-37-33-27-18-16-14-12-10-8-6-4-2/h21-22,60-61,65-66H,3-20,23-59H2,1-2H3,(H,64,67)/b22-21-. The van der Waals surface area contributed by atoms with E-state index in [-0.39, 0.29) is 18.5 Å². The van der Waals surface area contributed by atoms with Crippen molar-refractivity contribution in [1.29, 1.82) is 0 Å². The van der Waals surface area contributed by atoms with Gasteiger partial charge in [0.25, 0.3) is 0 Å². The molecule has 2 atom stereocenters. The zero-order chi connectivity index (χ0) is 50.0. The molecular weight excluding hydrogens is 851 g/mol. The number of hydrogen-bond donors (Lipinski definition) is 3. The number of amides is 1. The molecule has 0 saturated carbocycles. The summed E-state index contributed by atoms with van der Waals surface area (Å²) in [5.74, 6) is -0.0335. The SMILES string of the molecule is CCCCCCCCCCCCCCCCCCCCC(O)C(CO)NC(=O)CCCCCCCCC/C=C\CCCCCCCCCCOC(=O)CCCCCCCCCCCCCCCCC. The Morgan fingerprint density at radius 3 is 1.03 bits per heavy atom. The molecule has 0 aliphatic carbocycles. The van der Waals surface area contributed by atoms with E-state index >= 15 is 0 Å². The van der Waals surface area contributed by atoms with Gasteiger partial charge in [0, 0.05) is 12.8 Å². The number of ether oxygens (including phenoxy) is 1. The van der Waals surface area contributed by atoms with Gasteiger partial charge in [-0.15, -0.1) is 0 Å². The second-order valence-electron chi connectivity index (χ2n) is 21.7. The van der Waals surface area contributed by atoms with Crippen LogP contribution in [0.4, 0.5) is 0 Å². The van der Waals surface area contributed by atoms with Crippen molar-refractivity contribution in [3.63, 3.8) is 0 Å². The van der Waals surface area contributed by atoms with Crippen LogP contribution in [0.5, 0.6) is 0 Å². The van der Waals surface area contributed by atoms with Crippen LogP contribution >= 0.6 is 0 Å². The molecule has 0 bridgehead atoms. The van der Waals surface area contributed by atoms with Crippen LogP contribution in [0.1, 0.15) is 354 Å². The number of carbonyl (C=O) groups is 2. The van der Waals surface area contributed by atoms with Gasteiger partial charge in [0.05, 0.1) is 25.4 Å². The van der Waals surface area contributed by atoms with Crippen molar-refractivity contribution >= 4 is 11.9 Å². The van der Waals surface area contributed by atoms with E-state index in [1.165, 1.54) is 283 Å². The Morgan fingerprint density at radius 1 is 0.391 bits per heavy atom. The molecule has 0 heterocycles. The van der Waals surface area contributed by atoms with Crippen molar-refractivity contribution < 1.29 is 24.5 Å². The quantitative estimate of drug-likeness (QED) is 0.0321. The summed E-state index contributed by atoms with van der Waals surface area (Å²) in [6, 6.07) is -0.548. The van der Waals surface area contributed by atoms with Gasteiger partial charge >= 0.3 is 5.97 Å². The molecule has 6 heteroatoms. The number of nitrogens with one attached hydrogen (secondary N) is 1. The molecule has 3 N–H and O–H groups in total. The number of aliphatic hydroxyl groups excluding tert-OH is 2. The van der Waals surface area contributed by atoms with Gasteiger partial charge in [0.15, 0.2) is 0 Å². The number of aliphatic hydroxyl groups is 2. The summed E-state index contributed by atoms with van der Waals surface area (Å²) in [6.45, 7) is 4.97. The van der Waals surface area contributed by atoms with E-state index in [2.05, 4.69) is 31.3 Å². The third-order valence-electron chi connectivity index (χ3n) is 14.8. The minimum Gasteiger partial charge on any atom is -0.466 e. The number of unbranched alkanes of at least 4 members (excludes halogenated alkanes) is 46. The van der Waals surface area contributed by atoms with Crippen molar-refractivity contribution in [1.82, 2.24) is 5.32 Å². The normalized spacial score (nSPS) is 12.6. The van der Waals surface area contributed by atoms with Gasteiger partial charge in [-0.05, 0) is 51.4 Å². The summed E-state index contributed by atoms with van der Waals surface area (Å²) in [5.41, 5.74) is 0. The summed E-state index contributed by atoms with van der Waals surface area (Å²) in [6.07, 6.45) is 70.7. The first-order valence-corrected chi connectivity index (χ1v) is 31.4. The summed E-state index contributed by atoms with van der Waals surface area (Å²) in [4.78, 5) is 24.6. The van der Waals surface area contributed by atoms with E-state index < -0.39 is 12.1 Å². The van der Waals surface area contributed by atoms with Crippen LogP contribution in [-0.4, -0.2) is 47.4 Å². The average Bonchev–Trinajstić information content (AvgIpc) is 3.35. The molecule has 1 amide bonds. The number of hydrogen-bond acceptors (Lipinski definition) is 5. The third-order valence-corrected chi connectivity index (χ3v) is 14.8. The largest absolute Gasteiger partial charge is 0.466 e. The number of carbonyl (C=O) groups excluding carboxylic acids is 2. The molecule has 6 nitrogen and oxygen atoms in total. The Morgan fingerprint density at radius 2 is 0.681 bits per heavy atom. The summed E-state index contributed by atoms with van der Waals surface area (Å²) in [7, 11) is 0. The van der Waals surface area contributed by atoms with Crippen LogP contribution in [0, 0.1) is 0 Å². The Kier molecular flexibility index (Phi) is 58.0. The Labute approximate surface area is 431 Å². The van der Waals surface area contributed by atoms with Gasteiger partial charge in [-0.1, -0.05) is 302 Å². The van der Waals surface area contributed by atoms with Crippen LogP contribution in [0.2, 0.25) is 0 Å². The van der Waals surface area contributed by atoms with Crippen molar-refractivity contribution in [2.45, 2.75) is 366 Å². The second-order valence-corrected chi connectivity index (χ2v) is 21.7. The molecule has 2 unspecified atom stereocenters. The Hall–Kier alpha value is -1.40.